The molecule has 1 aliphatic heterocycles. The van der Waals surface area contributed by atoms with E-state index in [-0.39, 0.29) is 29.9 Å². The van der Waals surface area contributed by atoms with E-state index in [0.717, 1.165) is 0 Å². The van der Waals surface area contributed by atoms with Crippen molar-refractivity contribution < 1.29 is 33.0 Å². The maximum absolute atomic E-state index is 13.9. The van der Waals surface area contributed by atoms with Gasteiger partial charge in [-0.15, -0.1) is 0 Å². The number of hydrogen-bond acceptors (Lipinski definition) is 6. The molecule has 8 nitrogen and oxygen atoms in total. The first kappa shape index (κ1) is 21.0. The predicted molar refractivity (Wildman–Crippen MR) is 104 cm³/mol. The van der Waals surface area contributed by atoms with E-state index in [9.17, 15) is 23.6 Å². The van der Waals surface area contributed by atoms with Gasteiger partial charge >= 0.3 is 11.9 Å². The van der Waals surface area contributed by atoms with Crippen molar-refractivity contribution in [2.75, 3.05) is 30.5 Å². The molecule has 30 heavy (non-hydrogen) atoms. The Morgan fingerprint density at radius 1 is 1.13 bits per heavy atom. The number of ether oxygens (including phenoxy) is 2. The summed E-state index contributed by atoms with van der Waals surface area (Å²) in [4.78, 5) is 49.5. The number of carbonyl (C=O) groups is 4. The quantitative estimate of drug-likeness (QED) is 0.727. The van der Waals surface area contributed by atoms with Crippen molar-refractivity contribution in [3.05, 3.63) is 59.9 Å². The average molecular weight is 414 g/mol. The van der Waals surface area contributed by atoms with E-state index in [1.54, 1.807) is 18.2 Å². The lowest BCUT2D eigenvalue weighted by molar-refractivity contribution is -0.151. The standard InChI is InChI=1S/C21H19FN2O6/c1-29-21(28)14-6-2-4-8-16(14)23-18(25)12-30-20(27)13-10-19(26)24(11-13)17-9-5-3-7-15(17)22/h2-9,13H,10-12H2,1H3,(H,23,25)/t13-/m1/s1. The Hall–Kier alpha value is -3.75. The van der Waals surface area contributed by atoms with Crippen LogP contribution in [0.2, 0.25) is 0 Å². The van der Waals surface area contributed by atoms with Gasteiger partial charge in [0.25, 0.3) is 5.91 Å². The fraction of sp³-hybridized carbons (Fsp3) is 0.238. The van der Waals surface area contributed by atoms with Crippen LogP contribution in [0.5, 0.6) is 0 Å². The van der Waals surface area contributed by atoms with Gasteiger partial charge in [-0.05, 0) is 24.3 Å². The molecule has 3 rings (SSSR count). The zero-order valence-corrected chi connectivity index (χ0v) is 16.1. The lowest BCUT2D eigenvalue weighted by Gasteiger charge is -2.17. The number of rotatable bonds is 6. The van der Waals surface area contributed by atoms with Crippen LogP contribution in [-0.4, -0.2) is 44.0 Å². The van der Waals surface area contributed by atoms with Gasteiger partial charge in [-0.25, -0.2) is 9.18 Å². The number of esters is 2. The second kappa shape index (κ2) is 9.17. The Kier molecular flexibility index (Phi) is 6.41. The van der Waals surface area contributed by atoms with Gasteiger partial charge < -0.3 is 19.7 Å². The van der Waals surface area contributed by atoms with Crippen LogP contribution >= 0.6 is 0 Å². The highest BCUT2D eigenvalue weighted by Gasteiger charge is 2.37. The Morgan fingerprint density at radius 3 is 2.57 bits per heavy atom. The van der Waals surface area contributed by atoms with Crippen LogP contribution < -0.4 is 10.2 Å². The topological polar surface area (TPSA) is 102 Å². The van der Waals surface area contributed by atoms with Crippen LogP contribution in [0.25, 0.3) is 0 Å². The van der Waals surface area contributed by atoms with Crippen LogP contribution in [0.15, 0.2) is 48.5 Å². The number of anilines is 2. The highest BCUT2D eigenvalue weighted by atomic mass is 19.1. The minimum absolute atomic E-state index is 0.0363. The summed E-state index contributed by atoms with van der Waals surface area (Å²) in [6, 6.07) is 12.0. The molecule has 0 aromatic heterocycles. The van der Waals surface area contributed by atoms with Crippen molar-refractivity contribution in [3.8, 4) is 0 Å². The van der Waals surface area contributed by atoms with Gasteiger partial charge in [-0.1, -0.05) is 24.3 Å². The molecule has 1 atom stereocenters. The minimum atomic E-state index is -0.813. The number of carbonyl (C=O) groups excluding carboxylic acids is 4. The van der Waals surface area contributed by atoms with Gasteiger partial charge in [0.05, 0.1) is 30.0 Å². The summed E-state index contributed by atoms with van der Waals surface area (Å²) in [5.74, 6) is -3.80. The van der Waals surface area contributed by atoms with Crippen molar-refractivity contribution >= 4 is 35.1 Å². The molecule has 2 aromatic carbocycles. The van der Waals surface area contributed by atoms with E-state index in [1.807, 2.05) is 0 Å². The fourth-order valence-corrected chi connectivity index (χ4v) is 3.09. The molecule has 0 aliphatic carbocycles. The Balaban J connectivity index is 1.56. The van der Waals surface area contributed by atoms with E-state index in [2.05, 4.69) is 10.1 Å². The molecule has 1 N–H and O–H groups in total. The van der Waals surface area contributed by atoms with Gasteiger partial charge in [0.1, 0.15) is 5.82 Å². The van der Waals surface area contributed by atoms with Crippen LogP contribution in [-0.2, 0) is 23.9 Å². The lowest BCUT2D eigenvalue weighted by Crippen LogP contribution is -2.28. The van der Waals surface area contributed by atoms with Crippen molar-refractivity contribution in [1.29, 1.82) is 0 Å². The highest BCUT2D eigenvalue weighted by Crippen LogP contribution is 2.27. The maximum Gasteiger partial charge on any atom is 0.339 e. The van der Waals surface area contributed by atoms with Crippen LogP contribution in [0.4, 0.5) is 15.8 Å². The average Bonchev–Trinajstić information content (AvgIpc) is 3.13. The van der Waals surface area contributed by atoms with Crippen molar-refractivity contribution in [2.24, 2.45) is 5.92 Å². The molecule has 9 heteroatoms. The number of hydrogen-bond donors (Lipinski definition) is 1. The van der Waals surface area contributed by atoms with Gasteiger partial charge in [0, 0.05) is 13.0 Å². The van der Waals surface area contributed by atoms with Crippen molar-refractivity contribution in [2.45, 2.75) is 6.42 Å². The molecule has 1 heterocycles. The molecular weight excluding hydrogens is 395 g/mol. The van der Waals surface area contributed by atoms with E-state index in [0.29, 0.717) is 0 Å². The van der Waals surface area contributed by atoms with E-state index < -0.39 is 42.1 Å². The molecular formula is C21H19FN2O6. The summed E-state index contributed by atoms with van der Waals surface area (Å²) in [7, 11) is 1.22. The van der Waals surface area contributed by atoms with Gasteiger partial charge in [0.15, 0.2) is 6.61 Å². The smallest absolute Gasteiger partial charge is 0.339 e. The Bertz CT molecular complexity index is 993. The first-order chi connectivity index (χ1) is 14.4. The Morgan fingerprint density at radius 2 is 1.83 bits per heavy atom. The summed E-state index contributed by atoms with van der Waals surface area (Å²) >= 11 is 0. The number of halogens is 1. The Labute approximate surface area is 171 Å². The third-order valence-electron chi connectivity index (χ3n) is 4.55. The fourth-order valence-electron chi connectivity index (χ4n) is 3.09. The first-order valence-electron chi connectivity index (χ1n) is 9.09. The third-order valence-corrected chi connectivity index (χ3v) is 4.55. The number of nitrogens with zero attached hydrogens (tertiary/aromatic N) is 1. The molecule has 0 bridgehead atoms. The molecule has 1 fully saturated rings. The largest absolute Gasteiger partial charge is 0.465 e. The number of para-hydroxylation sites is 2. The van der Waals surface area contributed by atoms with Gasteiger partial charge in [-0.2, -0.15) is 0 Å². The third kappa shape index (κ3) is 4.62. The number of methoxy groups -OCH3 is 1. The van der Waals surface area contributed by atoms with Gasteiger partial charge in [0.2, 0.25) is 5.91 Å². The van der Waals surface area contributed by atoms with Crippen molar-refractivity contribution in [1.82, 2.24) is 0 Å². The van der Waals surface area contributed by atoms with Gasteiger partial charge in [-0.3, -0.25) is 14.4 Å². The van der Waals surface area contributed by atoms with Crippen LogP contribution in [0.3, 0.4) is 0 Å². The van der Waals surface area contributed by atoms with E-state index in [1.165, 1.54) is 42.3 Å². The lowest BCUT2D eigenvalue weighted by atomic mass is 10.1. The molecule has 0 saturated carbocycles. The summed E-state index contributed by atoms with van der Waals surface area (Å²) in [5, 5.41) is 2.48. The number of benzene rings is 2. The molecule has 1 saturated heterocycles. The summed E-state index contributed by atoms with van der Waals surface area (Å²) in [5.41, 5.74) is 0.462. The molecule has 0 radical (unpaired) electrons. The second-order valence-electron chi connectivity index (χ2n) is 6.55. The minimum Gasteiger partial charge on any atom is -0.465 e. The van der Waals surface area contributed by atoms with E-state index >= 15 is 0 Å². The molecule has 2 amide bonds. The summed E-state index contributed by atoms with van der Waals surface area (Å²) < 4.78 is 23.6. The highest BCUT2D eigenvalue weighted by molar-refractivity contribution is 6.02. The summed E-state index contributed by atoms with van der Waals surface area (Å²) in [6.07, 6.45) is -0.139. The number of nitrogens with one attached hydrogen (secondary N) is 1. The normalized spacial score (nSPS) is 15.6. The zero-order chi connectivity index (χ0) is 21.7. The monoisotopic (exact) mass is 414 g/mol. The molecule has 1 aliphatic rings. The zero-order valence-electron chi connectivity index (χ0n) is 16.1. The van der Waals surface area contributed by atoms with Crippen molar-refractivity contribution in [3.63, 3.8) is 0 Å². The van der Waals surface area contributed by atoms with Crippen LogP contribution in [0, 0.1) is 11.7 Å². The van der Waals surface area contributed by atoms with E-state index in [4.69, 9.17) is 4.74 Å². The maximum atomic E-state index is 13.9. The predicted octanol–water partition coefficient (Wildman–Crippen LogP) is 2.15. The molecule has 0 spiro atoms. The molecule has 0 unspecified atom stereocenters. The second-order valence-corrected chi connectivity index (χ2v) is 6.55. The summed E-state index contributed by atoms with van der Waals surface area (Å²) in [6.45, 7) is -0.635. The SMILES string of the molecule is COC(=O)c1ccccc1NC(=O)COC(=O)[C@@H]1CC(=O)N(c2ccccc2F)C1. The number of amides is 2. The molecule has 2 aromatic rings. The first-order valence-corrected chi connectivity index (χ1v) is 9.09. The van der Waals surface area contributed by atoms with Crippen LogP contribution in [0.1, 0.15) is 16.8 Å². The molecule has 156 valence electrons.